The Morgan fingerprint density at radius 2 is 1.56 bits per heavy atom. The predicted molar refractivity (Wildman–Crippen MR) is 74.5 cm³/mol. The molecule has 4 heteroatoms. The van der Waals surface area contributed by atoms with E-state index >= 15 is 0 Å². The molecule has 0 unspecified atom stereocenters. The largest absolute Gasteiger partial charge is 0.383 e. The van der Waals surface area contributed by atoms with Crippen molar-refractivity contribution in [2.75, 3.05) is 12.8 Å². The van der Waals surface area contributed by atoms with Crippen LogP contribution in [0.2, 0.25) is 0 Å². The Kier molecular flexibility index (Phi) is 7.16. The molecule has 4 N–H and O–H groups in total. The first-order chi connectivity index (χ1) is 7.38. The molecule has 0 aliphatic rings. The van der Waals surface area contributed by atoms with Crippen molar-refractivity contribution < 1.29 is 0 Å². The number of aromatic nitrogens is 1. The van der Waals surface area contributed by atoms with E-state index in [1.54, 1.807) is 6.20 Å². The summed E-state index contributed by atoms with van der Waals surface area (Å²) in [7, 11) is 1.50. The number of nitrogen functional groups attached to an aromatic ring is 1. The Labute approximate surface area is 106 Å². The van der Waals surface area contributed by atoms with Crippen molar-refractivity contribution >= 4 is 22.8 Å². The molecule has 2 aromatic rings. The summed E-state index contributed by atoms with van der Waals surface area (Å²) in [6.45, 7) is 0. The highest BCUT2D eigenvalue weighted by atomic mass is 79.9. The first-order valence-electron chi connectivity index (χ1n) is 4.71. The molecule has 0 fully saturated rings. The van der Waals surface area contributed by atoms with Crippen molar-refractivity contribution in [3.05, 3.63) is 48.7 Å². The highest BCUT2D eigenvalue weighted by Gasteiger charge is 1.99. The Bertz CT molecular complexity index is 404. The van der Waals surface area contributed by atoms with E-state index in [0.717, 1.165) is 11.1 Å². The fourth-order valence-electron chi connectivity index (χ4n) is 1.28. The summed E-state index contributed by atoms with van der Waals surface area (Å²) in [4.78, 5) is 4.03. The number of halogens is 1. The van der Waals surface area contributed by atoms with Gasteiger partial charge in [-0.2, -0.15) is 0 Å². The van der Waals surface area contributed by atoms with E-state index in [4.69, 9.17) is 5.73 Å². The number of pyridine rings is 1. The van der Waals surface area contributed by atoms with Crippen molar-refractivity contribution in [1.82, 2.24) is 4.98 Å². The molecular weight excluding hydrogens is 266 g/mol. The van der Waals surface area contributed by atoms with Gasteiger partial charge in [-0.25, -0.2) is 4.98 Å². The van der Waals surface area contributed by atoms with Crippen LogP contribution in [0.3, 0.4) is 0 Å². The first-order valence-corrected chi connectivity index (χ1v) is 4.71. The van der Waals surface area contributed by atoms with Gasteiger partial charge in [0.15, 0.2) is 0 Å². The SMILES string of the molecule is Br.CN.Nc1ncccc1-c1ccccc1. The second-order valence-electron chi connectivity index (χ2n) is 2.80. The average Bonchev–Trinajstić information content (AvgIpc) is 2.33. The summed E-state index contributed by atoms with van der Waals surface area (Å²) in [5.41, 5.74) is 12.3. The van der Waals surface area contributed by atoms with Crippen molar-refractivity contribution in [2.24, 2.45) is 5.73 Å². The lowest BCUT2D eigenvalue weighted by Crippen LogP contribution is -1.92. The zero-order valence-electron chi connectivity index (χ0n) is 9.13. The van der Waals surface area contributed by atoms with Crippen LogP contribution < -0.4 is 11.5 Å². The van der Waals surface area contributed by atoms with Crippen LogP contribution >= 0.6 is 17.0 Å². The van der Waals surface area contributed by atoms with E-state index in [2.05, 4.69) is 10.7 Å². The molecule has 1 aromatic heterocycles. The topological polar surface area (TPSA) is 64.9 Å². The van der Waals surface area contributed by atoms with Gasteiger partial charge in [0.1, 0.15) is 5.82 Å². The van der Waals surface area contributed by atoms with Crippen LogP contribution in [-0.4, -0.2) is 12.0 Å². The normalized spacial score (nSPS) is 8.38. The Morgan fingerprint density at radius 3 is 2.12 bits per heavy atom. The van der Waals surface area contributed by atoms with Crippen LogP contribution in [0.5, 0.6) is 0 Å². The molecule has 0 saturated carbocycles. The van der Waals surface area contributed by atoms with E-state index < -0.39 is 0 Å². The van der Waals surface area contributed by atoms with Gasteiger partial charge in [0.2, 0.25) is 0 Å². The molecule has 0 bridgehead atoms. The van der Waals surface area contributed by atoms with E-state index in [1.165, 1.54) is 7.05 Å². The molecule has 1 heterocycles. The molecule has 0 amide bonds. The van der Waals surface area contributed by atoms with Gasteiger partial charge in [-0.1, -0.05) is 30.3 Å². The van der Waals surface area contributed by atoms with Crippen molar-refractivity contribution in [2.45, 2.75) is 0 Å². The third kappa shape index (κ3) is 3.64. The summed E-state index contributed by atoms with van der Waals surface area (Å²) < 4.78 is 0. The molecular formula is C12H16BrN3. The van der Waals surface area contributed by atoms with Crippen LogP contribution in [0.4, 0.5) is 5.82 Å². The highest BCUT2D eigenvalue weighted by Crippen LogP contribution is 2.22. The van der Waals surface area contributed by atoms with Gasteiger partial charge in [-0.05, 0) is 24.7 Å². The monoisotopic (exact) mass is 281 g/mol. The van der Waals surface area contributed by atoms with Crippen LogP contribution in [-0.2, 0) is 0 Å². The van der Waals surface area contributed by atoms with E-state index in [-0.39, 0.29) is 17.0 Å². The van der Waals surface area contributed by atoms with Gasteiger partial charge in [0, 0.05) is 11.8 Å². The fraction of sp³-hybridized carbons (Fsp3) is 0.0833. The molecule has 0 aliphatic heterocycles. The van der Waals surface area contributed by atoms with E-state index in [0.29, 0.717) is 5.82 Å². The van der Waals surface area contributed by atoms with Crippen molar-refractivity contribution in [3.63, 3.8) is 0 Å². The predicted octanol–water partition coefficient (Wildman–Crippen LogP) is 2.48. The molecule has 2 rings (SSSR count). The quantitative estimate of drug-likeness (QED) is 0.844. The third-order valence-electron chi connectivity index (χ3n) is 1.92. The molecule has 16 heavy (non-hydrogen) atoms. The summed E-state index contributed by atoms with van der Waals surface area (Å²) in [6.07, 6.45) is 1.70. The minimum absolute atomic E-state index is 0. The van der Waals surface area contributed by atoms with Gasteiger partial charge in [-0.3, -0.25) is 0 Å². The number of benzene rings is 1. The number of hydrogen-bond acceptors (Lipinski definition) is 3. The van der Waals surface area contributed by atoms with Crippen LogP contribution in [0.25, 0.3) is 11.1 Å². The number of rotatable bonds is 1. The molecule has 0 atom stereocenters. The maximum absolute atomic E-state index is 5.74. The third-order valence-corrected chi connectivity index (χ3v) is 1.92. The Hall–Kier alpha value is -1.39. The molecule has 1 aromatic carbocycles. The maximum atomic E-state index is 5.74. The van der Waals surface area contributed by atoms with Gasteiger partial charge in [-0.15, -0.1) is 17.0 Å². The average molecular weight is 282 g/mol. The summed E-state index contributed by atoms with van der Waals surface area (Å²) in [5.74, 6) is 0.578. The zero-order valence-corrected chi connectivity index (χ0v) is 10.8. The van der Waals surface area contributed by atoms with Gasteiger partial charge in [0.05, 0.1) is 0 Å². The minimum Gasteiger partial charge on any atom is -0.383 e. The van der Waals surface area contributed by atoms with Crippen LogP contribution in [0.1, 0.15) is 0 Å². The van der Waals surface area contributed by atoms with Crippen molar-refractivity contribution in [3.8, 4) is 11.1 Å². The maximum Gasteiger partial charge on any atom is 0.131 e. The summed E-state index contributed by atoms with van der Waals surface area (Å²) in [5, 5.41) is 0. The Balaban J connectivity index is 0.000000711. The summed E-state index contributed by atoms with van der Waals surface area (Å²) in [6, 6.07) is 13.9. The highest BCUT2D eigenvalue weighted by molar-refractivity contribution is 8.93. The van der Waals surface area contributed by atoms with Gasteiger partial charge < -0.3 is 11.5 Å². The number of hydrogen-bond donors (Lipinski definition) is 2. The van der Waals surface area contributed by atoms with E-state index in [9.17, 15) is 0 Å². The zero-order chi connectivity index (χ0) is 11.1. The van der Waals surface area contributed by atoms with Gasteiger partial charge in [0.25, 0.3) is 0 Å². The lowest BCUT2D eigenvalue weighted by Gasteiger charge is -2.02. The van der Waals surface area contributed by atoms with Crippen LogP contribution in [0, 0.1) is 0 Å². The molecule has 0 aliphatic carbocycles. The molecule has 0 radical (unpaired) electrons. The summed E-state index contributed by atoms with van der Waals surface area (Å²) >= 11 is 0. The molecule has 86 valence electrons. The second-order valence-corrected chi connectivity index (χ2v) is 2.80. The fourth-order valence-corrected chi connectivity index (χ4v) is 1.28. The van der Waals surface area contributed by atoms with Gasteiger partial charge >= 0.3 is 0 Å². The van der Waals surface area contributed by atoms with E-state index in [1.807, 2.05) is 42.5 Å². The smallest absolute Gasteiger partial charge is 0.131 e. The minimum atomic E-state index is 0. The second kappa shape index (κ2) is 7.84. The van der Waals surface area contributed by atoms with Crippen molar-refractivity contribution in [1.29, 1.82) is 0 Å². The number of nitrogens with two attached hydrogens (primary N) is 2. The standard InChI is InChI=1S/C11H10N2.CH5N.BrH/c12-11-10(7-4-8-13-11)9-5-2-1-3-6-9;1-2;/h1-8H,(H2,12,13);2H2,1H3;1H. The Morgan fingerprint density at radius 1 is 0.938 bits per heavy atom. The molecule has 0 spiro atoms. The van der Waals surface area contributed by atoms with Crippen LogP contribution in [0.15, 0.2) is 48.7 Å². The lowest BCUT2D eigenvalue weighted by atomic mass is 10.1. The number of nitrogens with zero attached hydrogens (tertiary/aromatic N) is 1. The molecule has 3 nitrogen and oxygen atoms in total. The lowest BCUT2D eigenvalue weighted by molar-refractivity contribution is 1.34. The molecule has 0 saturated heterocycles. The first kappa shape index (κ1) is 14.6. The number of anilines is 1.